The van der Waals surface area contributed by atoms with Crippen molar-refractivity contribution in [2.75, 3.05) is 19.8 Å². The van der Waals surface area contributed by atoms with E-state index in [2.05, 4.69) is 5.32 Å². The largest absolute Gasteiger partial charge is 0.490 e. The van der Waals surface area contributed by atoms with Crippen molar-refractivity contribution in [3.63, 3.8) is 0 Å². The lowest BCUT2D eigenvalue weighted by atomic mass is 9.81. The number of nitrogens with zero attached hydrogens (tertiary/aromatic N) is 1. The Morgan fingerprint density at radius 3 is 2.41 bits per heavy atom. The molecule has 1 saturated carbocycles. The summed E-state index contributed by atoms with van der Waals surface area (Å²) in [5.74, 6) is 0.710. The van der Waals surface area contributed by atoms with E-state index in [9.17, 15) is 14.4 Å². The first-order valence-corrected chi connectivity index (χ1v) is 10.6. The topological polar surface area (TPSA) is 84.9 Å². The van der Waals surface area contributed by atoms with Crippen molar-refractivity contribution in [2.45, 2.75) is 51.5 Å². The highest BCUT2D eigenvalue weighted by atomic mass is 16.5. The molecule has 1 aliphatic carbocycles. The smallest absolute Gasteiger partial charge is 0.233 e. The molecule has 0 spiro atoms. The van der Waals surface area contributed by atoms with Crippen LogP contribution in [0.3, 0.4) is 0 Å². The number of rotatable bonds is 5. The van der Waals surface area contributed by atoms with Gasteiger partial charge in [0.2, 0.25) is 17.7 Å². The fourth-order valence-electron chi connectivity index (χ4n) is 4.51. The molecule has 2 fully saturated rings. The molecular weight excluding hydrogens is 372 g/mol. The van der Waals surface area contributed by atoms with Gasteiger partial charge in [0.25, 0.3) is 0 Å². The molecule has 0 bridgehead atoms. The quantitative estimate of drug-likeness (QED) is 0.768. The van der Waals surface area contributed by atoms with E-state index in [0.717, 1.165) is 43.4 Å². The van der Waals surface area contributed by atoms with Gasteiger partial charge in [0.05, 0.1) is 31.1 Å². The second-order valence-electron chi connectivity index (χ2n) is 8.12. The third-order valence-corrected chi connectivity index (χ3v) is 6.14. The monoisotopic (exact) mass is 400 g/mol. The molecule has 4 rings (SSSR count). The summed E-state index contributed by atoms with van der Waals surface area (Å²) in [5.41, 5.74) is 0.918. The summed E-state index contributed by atoms with van der Waals surface area (Å²) >= 11 is 0. The van der Waals surface area contributed by atoms with E-state index in [1.807, 2.05) is 25.1 Å². The van der Waals surface area contributed by atoms with Crippen LogP contribution in [0.1, 0.15) is 57.1 Å². The Kier molecular flexibility index (Phi) is 5.74. The van der Waals surface area contributed by atoms with Crippen LogP contribution in [0.4, 0.5) is 0 Å². The maximum absolute atomic E-state index is 12.5. The van der Waals surface area contributed by atoms with Gasteiger partial charge in [-0.15, -0.1) is 0 Å². The molecule has 3 amide bonds. The van der Waals surface area contributed by atoms with Crippen LogP contribution in [-0.2, 0) is 14.4 Å². The highest BCUT2D eigenvalue weighted by Crippen LogP contribution is 2.38. The lowest BCUT2D eigenvalue weighted by molar-refractivity contribution is -0.140. The summed E-state index contributed by atoms with van der Waals surface area (Å²) in [7, 11) is 0. The first-order chi connectivity index (χ1) is 14.0. The van der Waals surface area contributed by atoms with Crippen LogP contribution < -0.4 is 14.8 Å². The van der Waals surface area contributed by atoms with E-state index in [1.54, 1.807) is 0 Å². The Balaban J connectivity index is 1.32. The molecule has 7 heteroatoms. The fourth-order valence-corrected chi connectivity index (χ4v) is 4.51. The van der Waals surface area contributed by atoms with Gasteiger partial charge < -0.3 is 14.8 Å². The molecule has 7 nitrogen and oxygen atoms in total. The lowest BCUT2D eigenvalue weighted by Crippen LogP contribution is -2.36. The second-order valence-corrected chi connectivity index (χ2v) is 8.12. The Morgan fingerprint density at radius 1 is 1.07 bits per heavy atom. The number of carbonyl (C=O) groups is 3. The van der Waals surface area contributed by atoms with Gasteiger partial charge >= 0.3 is 0 Å². The van der Waals surface area contributed by atoms with E-state index in [-0.39, 0.29) is 48.6 Å². The molecule has 0 unspecified atom stereocenters. The average molecular weight is 400 g/mol. The number of fused-ring (bicyclic) bond motifs is 2. The molecule has 3 atom stereocenters. The van der Waals surface area contributed by atoms with E-state index < -0.39 is 0 Å². The van der Waals surface area contributed by atoms with Gasteiger partial charge in [-0.1, -0.05) is 18.9 Å². The molecule has 1 aromatic carbocycles. The van der Waals surface area contributed by atoms with Gasteiger partial charge in [-0.3, -0.25) is 19.3 Å². The maximum atomic E-state index is 12.5. The minimum atomic E-state index is -0.216. The summed E-state index contributed by atoms with van der Waals surface area (Å²) in [5, 5.41) is 2.95. The number of imide groups is 1. The Hall–Kier alpha value is -2.57. The van der Waals surface area contributed by atoms with E-state index in [1.165, 1.54) is 4.90 Å². The van der Waals surface area contributed by atoms with Gasteiger partial charge in [0.15, 0.2) is 11.5 Å². The SMILES string of the molecule is C[C@@H](NC(=O)CCN1C(=O)[C@H]2CCCC[C@H]2C1=O)c1ccc2c(c1)OCCCO2. The van der Waals surface area contributed by atoms with Gasteiger partial charge in [-0.05, 0) is 37.5 Å². The van der Waals surface area contributed by atoms with Crippen molar-refractivity contribution in [2.24, 2.45) is 11.8 Å². The van der Waals surface area contributed by atoms with Crippen LogP contribution in [0.25, 0.3) is 0 Å². The number of hydrogen-bond acceptors (Lipinski definition) is 5. The molecule has 2 heterocycles. The number of nitrogens with one attached hydrogen (secondary N) is 1. The predicted octanol–water partition coefficient (Wildman–Crippen LogP) is 2.59. The van der Waals surface area contributed by atoms with E-state index in [0.29, 0.717) is 19.0 Å². The molecule has 2 aliphatic heterocycles. The highest BCUT2D eigenvalue weighted by molar-refractivity contribution is 6.05. The minimum Gasteiger partial charge on any atom is -0.490 e. The molecular formula is C22H28N2O5. The normalized spacial score (nSPS) is 24.7. The lowest BCUT2D eigenvalue weighted by Gasteiger charge is -2.19. The van der Waals surface area contributed by atoms with Gasteiger partial charge in [-0.25, -0.2) is 0 Å². The van der Waals surface area contributed by atoms with Gasteiger partial charge in [-0.2, -0.15) is 0 Å². The predicted molar refractivity (Wildman–Crippen MR) is 105 cm³/mol. The van der Waals surface area contributed by atoms with Crippen molar-refractivity contribution in [1.29, 1.82) is 0 Å². The van der Waals surface area contributed by atoms with Gasteiger partial charge in [0.1, 0.15) is 0 Å². The number of carbonyl (C=O) groups excluding carboxylic acids is 3. The molecule has 1 N–H and O–H groups in total. The summed E-state index contributed by atoms with van der Waals surface area (Å²) in [6.45, 7) is 3.30. The van der Waals surface area contributed by atoms with Gasteiger partial charge in [0, 0.05) is 19.4 Å². The zero-order valence-corrected chi connectivity index (χ0v) is 16.8. The molecule has 156 valence electrons. The van der Waals surface area contributed by atoms with Crippen molar-refractivity contribution < 1.29 is 23.9 Å². The Bertz CT molecular complexity index is 784. The Morgan fingerprint density at radius 2 is 1.72 bits per heavy atom. The van der Waals surface area contributed by atoms with Crippen LogP contribution in [0.5, 0.6) is 11.5 Å². The van der Waals surface area contributed by atoms with Crippen LogP contribution >= 0.6 is 0 Å². The molecule has 3 aliphatic rings. The molecule has 0 radical (unpaired) electrons. The standard InChI is InChI=1S/C22H28N2O5/c1-14(15-7-8-18-19(13-15)29-12-4-11-28-18)23-20(25)9-10-24-21(26)16-5-2-3-6-17(16)22(24)27/h7-8,13-14,16-17H,2-6,9-12H2,1H3,(H,23,25)/t14-,16-,17+/m1/s1. The van der Waals surface area contributed by atoms with Crippen molar-refractivity contribution >= 4 is 17.7 Å². The average Bonchev–Trinajstić information content (AvgIpc) is 2.88. The van der Waals surface area contributed by atoms with Crippen LogP contribution in [0, 0.1) is 11.8 Å². The maximum Gasteiger partial charge on any atom is 0.233 e. The van der Waals surface area contributed by atoms with Crippen molar-refractivity contribution in [3.05, 3.63) is 23.8 Å². The minimum absolute atomic E-state index is 0.0940. The molecule has 1 aromatic rings. The first-order valence-electron chi connectivity index (χ1n) is 10.6. The highest BCUT2D eigenvalue weighted by Gasteiger charge is 2.47. The third kappa shape index (κ3) is 4.09. The number of ether oxygens (including phenoxy) is 2. The number of benzene rings is 1. The summed E-state index contributed by atoms with van der Waals surface area (Å²) in [6, 6.07) is 5.45. The summed E-state index contributed by atoms with van der Waals surface area (Å²) in [6.07, 6.45) is 4.54. The van der Waals surface area contributed by atoms with Crippen LogP contribution in [0.2, 0.25) is 0 Å². The fraction of sp³-hybridized carbons (Fsp3) is 0.591. The van der Waals surface area contributed by atoms with E-state index in [4.69, 9.17) is 9.47 Å². The molecule has 0 aromatic heterocycles. The first kappa shape index (κ1) is 19.7. The van der Waals surface area contributed by atoms with Crippen LogP contribution in [-0.4, -0.2) is 42.4 Å². The second kappa shape index (κ2) is 8.43. The molecule has 29 heavy (non-hydrogen) atoms. The zero-order chi connectivity index (χ0) is 20.4. The van der Waals surface area contributed by atoms with Crippen molar-refractivity contribution in [3.8, 4) is 11.5 Å². The van der Waals surface area contributed by atoms with E-state index >= 15 is 0 Å². The number of amides is 3. The Labute approximate surface area is 170 Å². The van der Waals surface area contributed by atoms with Crippen LogP contribution in [0.15, 0.2) is 18.2 Å². The summed E-state index contributed by atoms with van der Waals surface area (Å²) < 4.78 is 11.3. The third-order valence-electron chi connectivity index (χ3n) is 6.14. The van der Waals surface area contributed by atoms with Crippen molar-refractivity contribution in [1.82, 2.24) is 10.2 Å². The summed E-state index contributed by atoms with van der Waals surface area (Å²) in [4.78, 5) is 38.8. The number of likely N-dealkylation sites (tertiary alicyclic amines) is 1. The zero-order valence-electron chi connectivity index (χ0n) is 16.8. The molecule has 1 saturated heterocycles. The number of hydrogen-bond donors (Lipinski definition) is 1.